The average molecular weight is 287 g/mol. The first-order chi connectivity index (χ1) is 9.48. The molecule has 0 radical (unpaired) electrons. The number of fused-ring (bicyclic) bond motifs is 1. The van der Waals surface area contributed by atoms with Crippen molar-refractivity contribution in [2.75, 3.05) is 0 Å². The summed E-state index contributed by atoms with van der Waals surface area (Å²) in [5.41, 5.74) is 4.27. The zero-order chi connectivity index (χ0) is 14.3. The summed E-state index contributed by atoms with van der Waals surface area (Å²) in [5, 5.41) is 0. The molecule has 1 aromatic carbocycles. The summed E-state index contributed by atoms with van der Waals surface area (Å²) in [6, 6.07) is 8.90. The molecule has 0 spiro atoms. The lowest BCUT2D eigenvalue weighted by molar-refractivity contribution is 0.585. The van der Waals surface area contributed by atoms with Crippen molar-refractivity contribution in [1.29, 1.82) is 0 Å². The number of rotatable bonds is 2. The van der Waals surface area contributed by atoms with E-state index in [1.165, 1.54) is 9.55 Å². The van der Waals surface area contributed by atoms with Crippen LogP contribution in [-0.4, -0.2) is 12.4 Å². The van der Waals surface area contributed by atoms with E-state index in [9.17, 15) is 8.42 Å². The van der Waals surface area contributed by atoms with Crippen molar-refractivity contribution in [3.05, 3.63) is 65.0 Å². The van der Waals surface area contributed by atoms with E-state index in [4.69, 9.17) is 0 Å². The van der Waals surface area contributed by atoms with E-state index in [0.29, 0.717) is 11.3 Å². The van der Waals surface area contributed by atoms with E-state index < -0.39 is 10.0 Å². The number of allylic oxidation sites excluding steroid dienone is 2. The summed E-state index contributed by atoms with van der Waals surface area (Å²) in [7, 11) is -3.49. The third kappa shape index (κ3) is 2.10. The molecule has 1 heterocycles. The van der Waals surface area contributed by atoms with Gasteiger partial charge < -0.3 is 0 Å². The smallest absolute Gasteiger partial charge is 0.245 e. The number of aromatic nitrogens is 1. The first kappa shape index (κ1) is 13.2. The highest BCUT2D eigenvalue weighted by molar-refractivity contribution is 7.90. The molecule has 4 heteroatoms. The molecule has 0 N–H and O–H groups in total. The van der Waals surface area contributed by atoms with Crippen LogP contribution >= 0.6 is 0 Å². The molecule has 0 atom stereocenters. The molecular weight excluding hydrogens is 270 g/mol. The van der Waals surface area contributed by atoms with Gasteiger partial charge in [-0.3, -0.25) is 0 Å². The van der Waals surface area contributed by atoms with Gasteiger partial charge in [0.05, 0.1) is 4.90 Å². The van der Waals surface area contributed by atoms with Crippen molar-refractivity contribution in [3.8, 4) is 0 Å². The Balaban J connectivity index is 2.10. The first-order valence-electron chi connectivity index (χ1n) is 6.65. The van der Waals surface area contributed by atoms with Crippen LogP contribution in [0.4, 0.5) is 0 Å². The third-order valence-electron chi connectivity index (χ3n) is 3.74. The van der Waals surface area contributed by atoms with Crippen LogP contribution in [0.1, 0.15) is 23.7 Å². The van der Waals surface area contributed by atoms with E-state index in [-0.39, 0.29) is 0 Å². The van der Waals surface area contributed by atoms with Crippen LogP contribution in [0.5, 0.6) is 0 Å². The van der Waals surface area contributed by atoms with Gasteiger partial charge >= 0.3 is 0 Å². The van der Waals surface area contributed by atoms with Crippen LogP contribution in [0.3, 0.4) is 0 Å². The molecule has 1 aromatic heterocycles. The minimum absolute atomic E-state index is 0.341. The van der Waals surface area contributed by atoms with Crippen LogP contribution in [0.2, 0.25) is 0 Å². The van der Waals surface area contributed by atoms with Crippen LogP contribution in [0.15, 0.2) is 53.1 Å². The zero-order valence-corrected chi connectivity index (χ0v) is 12.4. The molecule has 0 unspecified atom stereocenters. The number of nitrogens with zero attached hydrogens (tertiary/aromatic N) is 1. The summed E-state index contributed by atoms with van der Waals surface area (Å²) in [5.74, 6) is 0. The van der Waals surface area contributed by atoms with Gasteiger partial charge in [-0.25, -0.2) is 12.4 Å². The van der Waals surface area contributed by atoms with E-state index in [1.54, 1.807) is 18.3 Å². The summed E-state index contributed by atoms with van der Waals surface area (Å²) in [4.78, 5) is 0.341. The van der Waals surface area contributed by atoms with Crippen molar-refractivity contribution in [3.63, 3.8) is 0 Å². The van der Waals surface area contributed by atoms with Crippen molar-refractivity contribution >= 4 is 10.0 Å². The molecule has 0 amide bonds. The van der Waals surface area contributed by atoms with Crippen LogP contribution in [0, 0.1) is 6.92 Å². The van der Waals surface area contributed by atoms with Crippen LogP contribution in [-0.2, 0) is 22.9 Å². The van der Waals surface area contributed by atoms with Gasteiger partial charge in [0.2, 0.25) is 0 Å². The Morgan fingerprint density at radius 3 is 2.45 bits per heavy atom. The third-order valence-corrected chi connectivity index (χ3v) is 5.47. The predicted octanol–water partition coefficient (Wildman–Crippen LogP) is 3.08. The molecule has 1 aliphatic rings. The Bertz CT molecular complexity index is 780. The van der Waals surface area contributed by atoms with Crippen LogP contribution < -0.4 is 0 Å². The molecule has 3 rings (SSSR count). The summed E-state index contributed by atoms with van der Waals surface area (Å²) < 4.78 is 26.9. The second-order valence-electron chi connectivity index (χ2n) is 5.33. The fourth-order valence-electron chi connectivity index (χ4n) is 2.53. The maximum absolute atomic E-state index is 12.7. The van der Waals surface area contributed by atoms with Crippen molar-refractivity contribution in [1.82, 2.24) is 3.97 Å². The fraction of sp³-hybridized carbons (Fsp3) is 0.250. The highest BCUT2D eigenvalue weighted by Crippen LogP contribution is 2.26. The van der Waals surface area contributed by atoms with Gasteiger partial charge in [0.15, 0.2) is 0 Å². The first-order valence-corrected chi connectivity index (χ1v) is 8.09. The molecule has 104 valence electrons. The van der Waals surface area contributed by atoms with E-state index in [0.717, 1.165) is 23.2 Å². The van der Waals surface area contributed by atoms with Crippen molar-refractivity contribution in [2.45, 2.75) is 31.6 Å². The van der Waals surface area contributed by atoms with E-state index in [1.807, 2.05) is 32.0 Å². The minimum atomic E-state index is -3.49. The largest absolute Gasteiger partial charge is 0.267 e. The summed E-state index contributed by atoms with van der Waals surface area (Å²) in [6.45, 7) is 3.99. The normalized spacial score (nSPS) is 14.8. The predicted molar refractivity (Wildman–Crippen MR) is 79.4 cm³/mol. The Kier molecular flexibility index (Phi) is 3.05. The Morgan fingerprint density at radius 1 is 1.05 bits per heavy atom. The standard InChI is InChI=1S/C16H17NO2S/c1-12-4-7-15(8-5-12)20(18,19)17-10-9-14-6-3-13(2)11-16(14)17/h3-5,7-10H,6,11H2,1-2H3. The van der Waals surface area contributed by atoms with Crippen LogP contribution in [0.25, 0.3) is 0 Å². The lowest BCUT2D eigenvalue weighted by atomic mass is 9.99. The molecule has 0 bridgehead atoms. The second-order valence-corrected chi connectivity index (χ2v) is 7.15. The van der Waals surface area contributed by atoms with Gasteiger partial charge in [-0.05, 0) is 44.0 Å². The quantitative estimate of drug-likeness (QED) is 0.796. The van der Waals surface area contributed by atoms with Crippen molar-refractivity contribution in [2.24, 2.45) is 0 Å². The average Bonchev–Trinajstić information content (AvgIpc) is 2.82. The minimum Gasteiger partial charge on any atom is -0.245 e. The second kappa shape index (κ2) is 4.63. The zero-order valence-electron chi connectivity index (χ0n) is 11.6. The van der Waals surface area contributed by atoms with Gasteiger partial charge in [-0.15, -0.1) is 0 Å². The number of hydrogen-bond acceptors (Lipinski definition) is 2. The van der Waals surface area contributed by atoms with Gasteiger partial charge in [-0.1, -0.05) is 29.3 Å². The molecule has 0 fully saturated rings. The number of hydrogen-bond donors (Lipinski definition) is 0. The van der Waals surface area contributed by atoms with Gasteiger partial charge in [0.1, 0.15) is 0 Å². The molecule has 0 aliphatic heterocycles. The Labute approximate surface area is 119 Å². The molecule has 2 aromatic rings. The Morgan fingerprint density at radius 2 is 1.75 bits per heavy atom. The molecule has 0 saturated carbocycles. The summed E-state index contributed by atoms with van der Waals surface area (Å²) >= 11 is 0. The lowest BCUT2D eigenvalue weighted by Gasteiger charge is -2.15. The molecule has 3 nitrogen and oxygen atoms in total. The Hall–Kier alpha value is -1.81. The fourth-order valence-corrected chi connectivity index (χ4v) is 3.93. The lowest BCUT2D eigenvalue weighted by Crippen LogP contribution is -2.17. The monoisotopic (exact) mass is 287 g/mol. The maximum Gasteiger partial charge on any atom is 0.267 e. The highest BCUT2D eigenvalue weighted by atomic mass is 32.2. The topological polar surface area (TPSA) is 39.1 Å². The van der Waals surface area contributed by atoms with Gasteiger partial charge in [0, 0.05) is 18.3 Å². The summed E-state index contributed by atoms with van der Waals surface area (Å²) in [6.07, 6.45) is 5.35. The molecule has 0 saturated heterocycles. The number of benzene rings is 1. The molecular formula is C16H17NO2S. The molecule has 20 heavy (non-hydrogen) atoms. The van der Waals surface area contributed by atoms with E-state index >= 15 is 0 Å². The maximum atomic E-state index is 12.7. The SMILES string of the molecule is CC1=CCc2ccn(S(=O)(=O)c3ccc(C)cc3)c2C1. The van der Waals surface area contributed by atoms with Gasteiger partial charge in [-0.2, -0.15) is 0 Å². The number of aryl methyl sites for hydroxylation is 1. The van der Waals surface area contributed by atoms with Crippen molar-refractivity contribution < 1.29 is 8.42 Å². The van der Waals surface area contributed by atoms with Gasteiger partial charge in [0.25, 0.3) is 10.0 Å². The highest BCUT2D eigenvalue weighted by Gasteiger charge is 2.23. The van der Waals surface area contributed by atoms with E-state index in [2.05, 4.69) is 6.08 Å². The molecule has 1 aliphatic carbocycles.